The minimum Gasteiger partial charge on any atom is -0.353 e. The van der Waals surface area contributed by atoms with Crippen LogP contribution < -0.4 is 16.0 Å². The summed E-state index contributed by atoms with van der Waals surface area (Å²) in [6, 6.07) is 2.43. The second kappa shape index (κ2) is 7.09. The number of hydrogen-bond donors (Lipinski definition) is 3. The van der Waals surface area contributed by atoms with Crippen LogP contribution in [0.2, 0.25) is 0 Å². The molecule has 1 saturated carbocycles. The summed E-state index contributed by atoms with van der Waals surface area (Å²) in [6.45, 7) is 2.06. The first-order valence-corrected chi connectivity index (χ1v) is 5.93. The van der Waals surface area contributed by atoms with Crippen LogP contribution in [0.4, 0.5) is 5.82 Å². The van der Waals surface area contributed by atoms with Crippen LogP contribution in [-0.2, 0) is 0 Å². The van der Waals surface area contributed by atoms with Crippen molar-refractivity contribution >= 4 is 30.6 Å². The summed E-state index contributed by atoms with van der Waals surface area (Å²) in [7, 11) is 0. The number of rotatable bonds is 3. The summed E-state index contributed by atoms with van der Waals surface area (Å²) < 4.78 is 0. The Morgan fingerprint density at radius 2 is 1.94 bits per heavy atom. The van der Waals surface area contributed by atoms with Crippen molar-refractivity contribution in [2.45, 2.75) is 25.0 Å². The minimum absolute atomic E-state index is 0. The van der Waals surface area contributed by atoms with Crippen LogP contribution in [0.1, 0.15) is 12.8 Å². The van der Waals surface area contributed by atoms with E-state index in [-0.39, 0.29) is 31.0 Å². The van der Waals surface area contributed by atoms with E-state index in [0.717, 1.165) is 24.8 Å². The Morgan fingerprint density at radius 3 is 2.61 bits per heavy atom. The Morgan fingerprint density at radius 1 is 1.17 bits per heavy atom. The van der Waals surface area contributed by atoms with Gasteiger partial charge in [-0.25, -0.2) is 9.97 Å². The number of nitrogens with one attached hydrogen (secondary N) is 3. The molecule has 0 bridgehead atoms. The topological polar surface area (TPSA) is 61.9 Å². The number of nitrogens with zero attached hydrogens (tertiary/aromatic N) is 2. The van der Waals surface area contributed by atoms with Gasteiger partial charge < -0.3 is 10.6 Å². The van der Waals surface area contributed by atoms with Crippen molar-refractivity contribution in [2.75, 3.05) is 18.4 Å². The van der Waals surface area contributed by atoms with Crippen molar-refractivity contribution < 1.29 is 0 Å². The second-order valence-corrected chi connectivity index (χ2v) is 4.49. The van der Waals surface area contributed by atoms with E-state index in [9.17, 15) is 0 Å². The standard InChI is InChI=1S/C11H17N5.2ClH/c1-2-8(1)10-11(14-6-5-13-10)16-9-3-4-12-7-15-9;;/h3-4,7-8,10-11,13-14H,1-2,5-6H2,(H,12,15,16);2*1H. The molecule has 1 aromatic heterocycles. The molecule has 2 atom stereocenters. The molecule has 7 heteroatoms. The lowest BCUT2D eigenvalue weighted by atomic mass is 10.1. The molecule has 1 aliphatic heterocycles. The van der Waals surface area contributed by atoms with Crippen molar-refractivity contribution in [3.05, 3.63) is 18.6 Å². The molecule has 18 heavy (non-hydrogen) atoms. The summed E-state index contributed by atoms with van der Waals surface area (Å²) in [5, 5.41) is 10.5. The first kappa shape index (κ1) is 15.4. The molecular formula is C11H19Cl2N5. The number of piperazine rings is 1. The number of halogens is 2. The molecule has 1 saturated heterocycles. The van der Waals surface area contributed by atoms with Crippen molar-refractivity contribution in [3.63, 3.8) is 0 Å². The van der Waals surface area contributed by atoms with Gasteiger partial charge in [0.2, 0.25) is 0 Å². The fourth-order valence-electron chi connectivity index (χ4n) is 2.28. The fraction of sp³-hybridized carbons (Fsp3) is 0.636. The maximum atomic E-state index is 4.20. The Kier molecular flexibility index (Phi) is 6.08. The SMILES string of the molecule is Cl.Cl.c1cc(NC2NCCNC2C2CC2)ncn1. The third-order valence-corrected chi connectivity index (χ3v) is 3.24. The van der Waals surface area contributed by atoms with Crippen LogP contribution in [0.3, 0.4) is 0 Å². The number of aromatic nitrogens is 2. The predicted molar refractivity (Wildman–Crippen MR) is 76.5 cm³/mol. The van der Waals surface area contributed by atoms with Crippen molar-refractivity contribution in [3.8, 4) is 0 Å². The Bertz CT molecular complexity index is 347. The molecule has 3 N–H and O–H groups in total. The molecule has 1 aromatic rings. The van der Waals surface area contributed by atoms with Gasteiger partial charge in [0, 0.05) is 25.3 Å². The molecule has 102 valence electrons. The van der Waals surface area contributed by atoms with E-state index in [1.54, 1.807) is 12.5 Å². The zero-order valence-corrected chi connectivity index (χ0v) is 11.6. The largest absolute Gasteiger partial charge is 0.353 e. The molecular weight excluding hydrogens is 273 g/mol. The fourth-order valence-corrected chi connectivity index (χ4v) is 2.28. The van der Waals surface area contributed by atoms with E-state index in [4.69, 9.17) is 0 Å². The highest BCUT2D eigenvalue weighted by Gasteiger charge is 2.37. The Hall–Kier alpha value is -0.620. The molecule has 0 aromatic carbocycles. The van der Waals surface area contributed by atoms with E-state index < -0.39 is 0 Å². The van der Waals surface area contributed by atoms with Crippen molar-refractivity contribution in [1.82, 2.24) is 20.6 Å². The third kappa shape index (κ3) is 3.68. The zero-order chi connectivity index (χ0) is 10.8. The summed E-state index contributed by atoms with van der Waals surface area (Å²) in [4.78, 5) is 8.11. The van der Waals surface area contributed by atoms with Gasteiger partial charge >= 0.3 is 0 Å². The van der Waals surface area contributed by atoms with Gasteiger partial charge in [-0.3, -0.25) is 5.32 Å². The summed E-state index contributed by atoms with van der Waals surface area (Å²) in [5.41, 5.74) is 0. The van der Waals surface area contributed by atoms with Gasteiger partial charge in [0.15, 0.2) is 0 Å². The van der Waals surface area contributed by atoms with Gasteiger partial charge in [0.1, 0.15) is 12.1 Å². The van der Waals surface area contributed by atoms with E-state index in [1.165, 1.54) is 12.8 Å². The van der Waals surface area contributed by atoms with Gasteiger partial charge in [-0.1, -0.05) is 0 Å². The molecule has 2 aliphatic rings. The molecule has 3 rings (SSSR count). The summed E-state index contributed by atoms with van der Waals surface area (Å²) in [5.74, 6) is 1.72. The third-order valence-electron chi connectivity index (χ3n) is 3.24. The molecule has 0 spiro atoms. The number of anilines is 1. The van der Waals surface area contributed by atoms with E-state index >= 15 is 0 Å². The van der Waals surface area contributed by atoms with E-state index in [0.29, 0.717) is 6.04 Å². The lowest BCUT2D eigenvalue weighted by Crippen LogP contribution is -2.60. The first-order chi connectivity index (χ1) is 7.93. The highest BCUT2D eigenvalue weighted by Crippen LogP contribution is 2.34. The molecule has 0 amide bonds. The monoisotopic (exact) mass is 291 g/mol. The zero-order valence-electron chi connectivity index (χ0n) is 10.0. The molecule has 5 nitrogen and oxygen atoms in total. The van der Waals surface area contributed by atoms with Gasteiger partial charge in [0.25, 0.3) is 0 Å². The van der Waals surface area contributed by atoms with E-state index in [1.807, 2.05) is 6.07 Å². The van der Waals surface area contributed by atoms with Crippen LogP contribution >= 0.6 is 24.8 Å². The minimum atomic E-state index is 0. The maximum Gasteiger partial charge on any atom is 0.130 e. The van der Waals surface area contributed by atoms with Gasteiger partial charge in [-0.2, -0.15) is 0 Å². The van der Waals surface area contributed by atoms with Crippen molar-refractivity contribution in [1.29, 1.82) is 0 Å². The molecule has 1 aliphatic carbocycles. The lowest BCUT2D eigenvalue weighted by Gasteiger charge is -2.34. The number of hydrogen-bond acceptors (Lipinski definition) is 5. The van der Waals surface area contributed by atoms with Crippen LogP contribution in [0.25, 0.3) is 0 Å². The summed E-state index contributed by atoms with van der Waals surface area (Å²) >= 11 is 0. The highest BCUT2D eigenvalue weighted by molar-refractivity contribution is 5.85. The lowest BCUT2D eigenvalue weighted by molar-refractivity contribution is 0.317. The van der Waals surface area contributed by atoms with Gasteiger partial charge in [-0.15, -0.1) is 24.8 Å². The molecule has 0 radical (unpaired) electrons. The Labute approximate surface area is 119 Å². The Balaban J connectivity index is 0.000000810. The van der Waals surface area contributed by atoms with Crippen LogP contribution in [0.15, 0.2) is 18.6 Å². The highest BCUT2D eigenvalue weighted by atomic mass is 35.5. The van der Waals surface area contributed by atoms with Crippen LogP contribution in [0.5, 0.6) is 0 Å². The summed E-state index contributed by atoms with van der Waals surface area (Å²) in [6.07, 6.45) is 6.32. The normalized spacial score (nSPS) is 26.7. The first-order valence-electron chi connectivity index (χ1n) is 5.93. The van der Waals surface area contributed by atoms with Gasteiger partial charge in [0.05, 0.1) is 6.17 Å². The van der Waals surface area contributed by atoms with Crippen LogP contribution in [0, 0.1) is 5.92 Å². The molecule has 2 unspecified atom stereocenters. The van der Waals surface area contributed by atoms with Crippen LogP contribution in [-0.4, -0.2) is 35.3 Å². The smallest absolute Gasteiger partial charge is 0.130 e. The average Bonchev–Trinajstić information content (AvgIpc) is 3.15. The maximum absolute atomic E-state index is 4.20. The van der Waals surface area contributed by atoms with Crippen molar-refractivity contribution in [2.24, 2.45) is 5.92 Å². The second-order valence-electron chi connectivity index (χ2n) is 4.49. The average molecular weight is 292 g/mol. The predicted octanol–water partition coefficient (Wildman–Crippen LogP) is 1.03. The van der Waals surface area contributed by atoms with Gasteiger partial charge in [-0.05, 0) is 24.8 Å². The molecule has 2 fully saturated rings. The van der Waals surface area contributed by atoms with E-state index in [2.05, 4.69) is 25.9 Å². The quantitative estimate of drug-likeness (QED) is 0.777. The molecule has 2 heterocycles.